The maximum absolute atomic E-state index is 11.1. The molecular weight excluding hydrogens is 288 g/mol. The number of phenols is 1. The molecule has 0 amide bonds. The molecule has 0 aliphatic carbocycles. The van der Waals surface area contributed by atoms with Gasteiger partial charge in [-0.3, -0.25) is 10.1 Å². The first kappa shape index (κ1) is 13.8. The maximum atomic E-state index is 11.1. The Morgan fingerprint density at radius 3 is 2.90 bits per heavy atom. The first-order valence-electron chi connectivity index (χ1n) is 6.61. The summed E-state index contributed by atoms with van der Waals surface area (Å²) in [6.07, 6.45) is 0.902. The third-order valence-corrected chi connectivity index (χ3v) is 4.59. The molecule has 2 aromatic rings. The predicted octanol–water partition coefficient (Wildman–Crippen LogP) is 3.95. The van der Waals surface area contributed by atoms with E-state index in [9.17, 15) is 15.2 Å². The highest BCUT2D eigenvalue weighted by Crippen LogP contribution is 2.39. The van der Waals surface area contributed by atoms with Crippen LogP contribution in [0.1, 0.15) is 18.0 Å². The molecular formula is C15H14N2O3S. The highest BCUT2D eigenvalue weighted by atomic mass is 32.2. The number of aromatic hydroxyl groups is 1. The van der Waals surface area contributed by atoms with E-state index in [1.165, 1.54) is 17.0 Å². The number of nitro benzene ring substituents is 1. The van der Waals surface area contributed by atoms with Gasteiger partial charge in [-0.05, 0) is 30.2 Å². The Hall–Kier alpha value is -2.21. The van der Waals surface area contributed by atoms with Gasteiger partial charge in [-0.25, -0.2) is 0 Å². The molecule has 108 valence electrons. The third kappa shape index (κ3) is 2.80. The summed E-state index contributed by atoms with van der Waals surface area (Å²) in [6, 6.07) is 12.3. The summed E-state index contributed by atoms with van der Waals surface area (Å²) in [7, 11) is 0. The molecule has 0 bridgehead atoms. The summed E-state index contributed by atoms with van der Waals surface area (Å²) >= 11 is 1.80. The highest BCUT2D eigenvalue weighted by Gasteiger charge is 2.23. The lowest BCUT2D eigenvalue weighted by molar-refractivity contribution is -0.384. The van der Waals surface area contributed by atoms with Crippen LogP contribution in [0.2, 0.25) is 0 Å². The fraction of sp³-hybridized carbons (Fsp3) is 0.200. The molecule has 1 aliphatic heterocycles. The van der Waals surface area contributed by atoms with Crippen LogP contribution < -0.4 is 5.32 Å². The minimum absolute atomic E-state index is 0.0469. The molecule has 0 saturated heterocycles. The first-order chi connectivity index (χ1) is 10.1. The number of hydrogen-bond donors (Lipinski definition) is 2. The van der Waals surface area contributed by atoms with Crippen molar-refractivity contribution < 1.29 is 10.0 Å². The van der Waals surface area contributed by atoms with Gasteiger partial charge in [-0.1, -0.05) is 18.2 Å². The molecule has 0 saturated carbocycles. The molecule has 0 radical (unpaired) electrons. The lowest BCUT2D eigenvalue weighted by atomic mass is 10.0. The van der Waals surface area contributed by atoms with Crippen LogP contribution in [0.5, 0.6) is 5.75 Å². The second-order valence-corrected chi connectivity index (χ2v) is 5.97. The molecule has 21 heavy (non-hydrogen) atoms. The molecule has 5 nitrogen and oxygen atoms in total. The van der Waals surface area contributed by atoms with Crippen molar-refractivity contribution in [2.75, 3.05) is 11.1 Å². The van der Waals surface area contributed by atoms with Crippen LogP contribution in [0.15, 0.2) is 47.4 Å². The fourth-order valence-corrected chi connectivity index (χ4v) is 3.60. The molecule has 1 heterocycles. The normalized spacial score (nSPS) is 17.0. The number of nitrogens with zero attached hydrogens (tertiary/aromatic N) is 1. The molecule has 0 fully saturated rings. The molecule has 1 atom stereocenters. The van der Waals surface area contributed by atoms with Crippen molar-refractivity contribution in [2.45, 2.75) is 17.4 Å². The quantitative estimate of drug-likeness (QED) is 0.510. The zero-order valence-corrected chi connectivity index (χ0v) is 12.0. The van der Waals surface area contributed by atoms with Crippen molar-refractivity contribution in [2.24, 2.45) is 0 Å². The number of hydrogen-bond acceptors (Lipinski definition) is 5. The SMILES string of the molecule is O=[N+]([O-])c1cc(O)ccc1NC1CCSc2ccccc21. The van der Waals surface area contributed by atoms with Gasteiger partial charge in [-0.2, -0.15) is 0 Å². The van der Waals surface area contributed by atoms with Crippen molar-refractivity contribution >= 4 is 23.1 Å². The van der Waals surface area contributed by atoms with E-state index >= 15 is 0 Å². The van der Waals surface area contributed by atoms with Gasteiger partial charge >= 0.3 is 0 Å². The van der Waals surface area contributed by atoms with Crippen LogP contribution in [0.4, 0.5) is 11.4 Å². The number of fused-ring (bicyclic) bond motifs is 1. The van der Waals surface area contributed by atoms with Gasteiger partial charge in [0.2, 0.25) is 0 Å². The number of rotatable bonds is 3. The largest absolute Gasteiger partial charge is 0.508 e. The lowest BCUT2D eigenvalue weighted by Crippen LogP contribution is -2.16. The Kier molecular flexibility index (Phi) is 3.70. The summed E-state index contributed by atoms with van der Waals surface area (Å²) in [5, 5.41) is 23.8. The summed E-state index contributed by atoms with van der Waals surface area (Å²) in [5.41, 5.74) is 1.49. The third-order valence-electron chi connectivity index (χ3n) is 3.47. The molecule has 0 aromatic heterocycles. The van der Waals surface area contributed by atoms with Crippen LogP contribution in [-0.2, 0) is 0 Å². The van der Waals surface area contributed by atoms with E-state index in [4.69, 9.17) is 0 Å². The number of benzene rings is 2. The maximum Gasteiger partial charge on any atom is 0.296 e. The summed E-state index contributed by atoms with van der Waals surface area (Å²) < 4.78 is 0. The lowest BCUT2D eigenvalue weighted by Gasteiger charge is -2.26. The van der Waals surface area contributed by atoms with E-state index in [1.807, 2.05) is 18.2 Å². The Bertz CT molecular complexity index is 690. The second kappa shape index (κ2) is 5.65. The van der Waals surface area contributed by atoms with Crippen LogP contribution in [0.3, 0.4) is 0 Å². The average Bonchev–Trinajstić information content (AvgIpc) is 2.49. The van der Waals surface area contributed by atoms with Crippen LogP contribution in [0, 0.1) is 10.1 Å². The van der Waals surface area contributed by atoms with E-state index in [1.54, 1.807) is 17.8 Å². The minimum Gasteiger partial charge on any atom is -0.508 e. The first-order valence-corrected chi connectivity index (χ1v) is 7.59. The Labute approximate surface area is 126 Å². The van der Waals surface area contributed by atoms with Gasteiger partial charge in [0.25, 0.3) is 5.69 Å². The van der Waals surface area contributed by atoms with E-state index in [-0.39, 0.29) is 17.5 Å². The predicted molar refractivity (Wildman–Crippen MR) is 82.9 cm³/mol. The van der Waals surface area contributed by atoms with Gasteiger partial charge < -0.3 is 10.4 Å². The topological polar surface area (TPSA) is 75.4 Å². The Morgan fingerprint density at radius 2 is 2.10 bits per heavy atom. The van der Waals surface area contributed by atoms with Gasteiger partial charge in [-0.15, -0.1) is 11.8 Å². The van der Waals surface area contributed by atoms with E-state index in [0.29, 0.717) is 5.69 Å². The Balaban J connectivity index is 1.93. The molecule has 0 spiro atoms. The van der Waals surface area contributed by atoms with Gasteiger partial charge in [0.05, 0.1) is 17.0 Å². The number of nitrogens with one attached hydrogen (secondary N) is 1. The van der Waals surface area contributed by atoms with Crippen molar-refractivity contribution in [3.63, 3.8) is 0 Å². The van der Waals surface area contributed by atoms with Crippen molar-refractivity contribution in [3.8, 4) is 5.75 Å². The molecule has 6 heteroatoms. The molecule has 1 aliphatic rings. The van der Waals surface area contributed by atoms with Crippen molar-refractivity contribution in [1.82, 2.24) is 0 Å². The number of nitro groups is 1. The van der Waals surface area contributed by atoms with Gasteiger partial charge in [0.15, 0.2) is 0 Å². The smallest absolute Gasteiger partial charge is 0.296 e. The fourth-order valence-electron chi connectivity index (χ4n) is 2.47. The molecule has 1 unspecified atom stereocenters. The molecule has 2 aromatic carbocycles. The monoisotopic (exact) mass is 302 g/mol. The Morgan fingerprint density at radius 1 is 1.29 bits per heavy atom. The van der Waals surface area contributed by atoms with Crippen molar-refractivity contribution in [1.29, 1.82) is 0 Å². The number of phenolic OH excluding ortho intramolecular Hbond substituents is 1. The van der Waals surface area contributed by atoms with Crippen molar-refractivity contribution in [3.05, 3.63) is 58.1 Å². The zero-order chi connectivity index (χ0) is 14.8. The number of thioether (sulfide) groups is 1. The summed E-state index contributed by atoms with van der Waals surface area (Å²) in [6.45, 7) is 0. The van der Waals surface area contributed by atoms with Crippen LogP contribution in [0.25, 0.3) is 0 Å². The highest BCUT2D eigenvalue weighted by molar-refractivity contribution is 7.99. The van der Waals surface area contributed by atoms with Gasteiger partial charge in [0.1, 0.15) is 11.4 Å². The van der Waals surface area contributed by atoms with E-state index in [0.717, 1.165) is 17.7 Å². The minimum atomic E-state index is -0.481. The second-order valence-electron chi connectivity index (χ2n) is 4.83. The van der Waals surface area contributed by atoms with Crippen LogP contribution in [-0.4, -0.2) is 15.8 Å². The number of anilines is 1. The molecule has 3 rings (SSSR count). The summed E-state index contributed by atoms with van der Waals surface area (Å²) in [4.78, 5) is 11.8. The van der Waals surface area contributed by atoms with E-state index in [2.05, 4.69) is 11.4 Å². The standard InChI is InChI=1S/C15H14N2O3S/c18-10-5-6-13(14(9-10)17(19)20)16-12-7-8-21-15-4-2-1-3-11(12)15/h1-6,9,12,16,18H,7-8H2. The molecule has 2 N–H and O–H groups in total. The average molecular weight is 302 g/mol. The van der Waals surface area contributed by atoms with E-state index < -0.39 is 4.92 Å². The van der Waals surface area contributed by atoms with Crippen LogP contribution >= 0.6 is 11.8 Å². The summed E-state index contributed by atoms with van der Waals surface area (Å²) in [5.74, 6) is 0.868. The van der Waals surface area contributed by atoms with Gasteiger partial charge in [0, 0.05) is 10.6 Å². The zero-order valence-electron chi connectivity index (χ0n) is 11.2.